The lowest BCUT2D eigenvalue weighted by Gasteiger charge is -2.29. The molecule has 0 aromatic rings. The average Bonchev–Trinajstić information content (AvgIpc) is 2.19. The molecule has 104 valence electrons. The van der Waals surface area contributed by atoms with E-state index in [0.29, 0.717) is 12.3 Å². The molecule has 0 aromatic carbocycles. The third-order valence-electron chi connectivity index (χ3n) is 3.11. The number of hydrogen-bond donors (Lipinski definition) is 2. The molecule has 4 nitrogen and oxygen atoms in total. The van der Waals surface area contributed by atoms with Crippen LogP contribution in [0.3, 0.4) is 0 Å². The first kappa shape index (κ1) is 17.2. The molecule has 0 aliphatic heterocycles. The van der Waals surface area contributed by atoms with Crippen molar-refractivity contribution in [3.8, 4) is 0 Å². The first-order valence-electron chi connectivity index (χ1n) is 6.16. The molecule has 6 heteroatoms. The van der Waals surface area contributed by atoms with Crippen LogP contribution in [0.2, 0.25) is 0 Å². The van der Waals surface area contributed by atoms with Crippen molar-refractivity contribution in [2.75, 3.05) is 5.75 Å². The summed E-state index contributed by atoms with van der Waals surface area (Å²) in [6.07, 6.45) is 4.70. The minimum absolute atomic E-state index is 0. The quantitative estimate of drug-likeness (QED) is 0.806. The van der Waals surface area contributed by atoms with E-state index < -0.39 is 10.0 Å². The fraction of sp³-hybridized carbons (Fsp3) is 1.00. The maximum absolute atomic E-state index is 11.8. The normalized spacial score (nSPS) is 25.6. The number of nitrogens with two attached hydrogens (primary N) is 1. The van der Waals surface area contributed by atoms with Gasteiger partial charge in [0, 0.05) is 12.1 Å². The van der Waals surface area contributed by atoms with Crippen LogP contribution in [0.15, 0.2) is 0 Å². The molecule has 0 radical (unpaired) electrons. The molecule has 2 atom stereocenters. The summed E-state index contributed by atoms with van der Waals surface area (Å²) < 4.78 is 26.3. The standard InChI is InChI=1S/C11H24N2O2S.ClH/c1-9(2)7-8-16(14,15)13-11-6-4-3-5-10(11)12;/h9-11,13H,3-8,12H2,1-2H3;1H/t10-,11-;/m1./s1. The zero-order valence-electron chi connectivity index (χ0n) is 10.7. The topological polar surface area (TPSA) is 72.2 Å². The Morgan fingerprint density at radius 2 is 1.88 bits per heavy atom. The largest absolute Gasteiger partial charge is 0.326 e. The number of nitrogens with one attached hydrogen (secondary N) is 1. The van der Waals surface area contributed by atoms with Crippen LogP contribution in [0.1, 0.15) is 46.0 Å². The Morgan fingerprint density at radius 3 is 2.41 bits per heavy atom. The van der Waals surface area contributed by atoms with E-state index in [2.05, 4.69) is 4.72 Å². The van der Waals surface area contributed by atoms with Crippen molar-refractivity contribution in [1.29, 1.82) is 0 Å². The van der Waals surface area contributed by atoms with Gasteiger partial charge in [0.15, 0.2) is 0 Å². The van der Waals surface area contributed by atoms with Gasteiger partial charge in [-0.1, -0.05) is 26.7 Å². The Balaban J connectivity index is 0.00000256. The van der Waals surface area contributed by atoms with E-state index >= 15 is 0 Å². The Bertz CT molecular complexity index is 307. The van der Waals surface area contributed by atoms with Crippen molar-refractivity contribution in [3.63, 3.8) is 0 Å². The van der Waals surface area contributed by atoms with Crippen molar-refractivity contribution in [3.05, 3.63) is 0 Å². The molecule has 1 fully saturated rings. The Kier molecular flexibility index (Phi) is 7.63. The van der Waals surface area contributed by atoms with Crippen molar-refractivity contribution in [2.24, 2.45) is 11.7 Å². The molecule has 1 rings (SSSR count). The second kappa shape index (κ2) is 7.56. The second-order valence-corrected chi connectivity index (χ2v) is 7.05. The highest BCUT2D eigenvalue weighted by atomic mass is 35.5. The van der Waals surface area contributed by atoms with Gasteiger partial charge in [0.05, 0.1) is 5.75 Å². The van der Waals surface area contributed by atoms with Gasteiger partial charge in [0.2, 0.25) is 10.0 Å². The van der Waals surface area contributed by atoms with E-state index in [1.54, 1.807) is 0 Å². The summed E-state index contributed by atoms with van der Waals surface area (Å²) in [4.78, 5) is 0. The summed E-state index contributed by atoms with van der Waals surface area (Å²) in [5, 5.41) is 0. The van der Waals surface area contributed by atoms with Crippen molar-refractivity contribution >= 4 is 22.4 Å². The summed E-state index contributed by atoms with van der Waals surface area (Å²) in [6.45, 7) is 4.06. The van der Waals surface area contributed by atoms with Crippen LogP contribution in [-0.2, 0) is 10.0 Å². The molecular formula is C11H25ClN2O2S. The third kappa shape index (κ3) is 6.60. The van der Waals surface area contributed by atoms with Crippen LogP contribution >= 0.6 is 12.4 Å². The zero-order valence-corrected chi connectivity index (χ0v) is 12.3. The van der Waals surface area contributed by atoms with Crippen LogP contribution < -0.4 is 10.5 Å². The van der Waals surface area contributed by atoms with Crippen molar-refractivity contribution in [2.45, 2.75) is 58.0 Å². The number of hydrogen-bond acceptors (Lipinski definition) is 3. The first-order chi connectivity index (χ1) is 7.41. The predicted molar refractivity (Wildman–Crippen MR) is 73.9 cm³/mol. The molecule has 0 heterocycles. The van der Waals surface area contributed by atoms with Crippen LogP contribution in [-0.4, -0.2) is 26.3 Å². The van der Waals surface area contributed by atoms with Gasteiger partial charge in [0.25, 0.3) is 0 Å². The molecule has 1 aliphatic rings. The van der Waals surface area contributed by atoms with Gasteiger partial charge in [-0.25, -0.2) is 13.1 Å². The lowest BCUT2D eigenvalue weighted by molar-refractivity contribution is 0.360. The van der Waals surface area contributed by atoms with Crippen LogP contribution in [0.4, 0.5) is 0 Å². The highest BCUT2D eigenvalue weighted by molar-refractivity contribution is 7.89. The average molecular weight is 285 g/mol. The fourth-order valence-electron chi connectivity index (χ4n) is 1.99. The van der Waals surface area contributed by atoms with Gasteiger partial charge in [-0.05, 0) is 25.2 Å². The highest BCUT2D eigenvalue weighted by Gasteiger charge is 2.25. The van der Waals surface area contributed by atoms with E-state index in [-0.39, 0.29) is 30.2 Å². The molecule has 0 amide bonds. The molecule has 1 saturated carbocycles. The molecule has 3 N–H and O–H groups in total. The predicted octanol–water partition coefficient (Wildman–Crippen LogP) is 1.64. The van der Waals surface area contributed by atoms with Gasteiger partial charge in [-0.15, -0.1) is 12.4 Å². The number of rotatable bonds is 5. The summed E-state index contributed by atoms with van der Waals surface area (Å²) in [6, 6.07) is -0.0616. The Labute approximate surface area is 111 Å². The lowest BCUT2D eigenvalue weighted by atomic mass is 9.92. The van der Waals surface area contributed by atoms with E-state index in [9.17, 15) is 8.42 Å². The van der Waals surface area contributed by atoms with Gasteiger partial charge >= 0.3 is 0 Å². The molecule has 1 aliphatic carbocycles. The Hall–Kier alpha value is 0.160. The SMILES string of the molecule is CC(C)CCS(=O)(=O)N[C@@H]1CCCC[C@H]1N.Cl. The van der Waals surface area contributed by atoms with Gasteiger partial charge < -0.3 is 5.73 Å². The molecule has 0 aromatic heterocycles. The minimum Gasteiger partial charge on any atom is -0.326 e. The van der Waals surface area contributed by atoms with Crippen LogP contribution in [0.5, 0.6) is 0 Å². The van der Waals surface area contributed by atoms with Crippen molar-refractivity contribution < 1.29 is 8.42 Å². The smallest absolute Gasteiger partial charge is 0.211 e. The van der Waals surface area contributed by atoms with E-state index in [4.69, 9.17) is 5.73 Å². The maximum atomic E-state index is 11.8. The highest BCUT2D eigenvalue weighted by Crippen LogP contribution is 2.17. The van der Waals surface area contributed by atoms with Crippen LogP contribution in [0.25, 0.3) is 0 Å². The summed E-state index contributed by atoms with van der Waals surface area (Å²) >= 11 is 0. The number of halogens is 1. The van der Waals surface area contributed by atoms with Crippen LogP contribution in [0, 0.1) is 5.92 Å². The third-order valence-corrected chi connectivity index (χ3v) is 4.55. The minimum atomic E-state index is -3.14. The molecule has 0 unspecified atom stereocenters. The second-order valence-electron chi connectivity index (χ2n) is 5.17. The Morgan fingerprint density at radius 1 is 1.29 bits per heavy atom. The summed E-state index contributed by atoms with van der Waals surface area (Å²) in [7, 11) is -3.14. The fourth-order valence-corrected chi connectivity index (χ4v) is 3.64. The monoisotopic (exact) mass is 284 g/mol. The first-order valence-corrected chi connectivity index (χ1v) is 7.81. The lowest BCUT2D eigenvalue weighted by Crippen LogP contribution is -2.49. The molecule has 17 heavy (non-hydrogen) atoms. The summed E-state index contributed by atoms with van der Waals surface area (Å²) in [5.74, 6) is 0.630. The van der Waals surface area contributed by atoms with Gasteiger partial charge in [-0.3, -0.25) is 0 Å². The van der Waals surface area contributed by atoms with E-state index in [1.807, 2.05) is 13.8 Å². The molecule has 0 bridgehead atoms. The number of sulfonamides is 1. The van der Waals surface area contributed by atoms with Crippen molar-refractivity contribution in [1.82, 2.24) is 4.72 Å². The van der Waals surface area contributed by atoms with Gasteiger partial charge in [0.1, 0.15) is 0 Å². The van der Waals surface area contributed by atoms with Gasteiger partial charge in [-0.2, -0.15) is 0 Å². The molecule has 0 spiro atoms. The van der Waals surface area contributed by atoms with E-state index in [1.165, 1.54) is 0 Å². The maximum Gasteiger partial charge on any atom is 0.211 e. The van der Waals surface area contributed by atoms with E-state index in [0.717, 1.165) is 25.7 Å². The molecule has 0 saturated heterocycles. The zero-order chi connectivity index (χ0) is 12.2. The molecular weight excluding hydrogens is 260 g/mol. The summed E-state index contributed by atoms with van der Waals surface area (Å²) in [5.41, 5.74) is 5.92.